The Hall–Kier alpha value is -3.29. The third-order valence-corrected chi connectivity index (χ3v) is 5.21. The van der Waals surface area contributed by atoms with E-state index in [4.69, 9.17) is 0 Å². The maximum atomic E-state index is 13.2. The van der Waals surface area contributed by atoms with Gasteiger partial charge in [-0.05, 0) is 50.1 Å². The lowest BCUT2D eigenvalue weighted by atomic mass is 10.1. The Morgan fingerprint density at radius 3 is 3.00 bits per heavy atom. The third-order valence-electron chi connectivity index (χ3n) is 5.21. The zero-order chi connectivity index (χ0) is 18.4. The molecule has 1 atom stereocenters. The number of aromatic nitrogens is 6. The third kappa shape index (κ3) is 2.48. The van der Waals surface area contributed by atoms with Crippen molar-refractivity contribution in [2.75, 3.05) is 6.54 Å². The summed E-state index contributed by atoms with van der Waals surface area (Å²) in [6.45, 7) is 3.48. The summed E-state index contributed by atoms with van der Waals surface area (Å²) in [5.41, 5.74) is 3.11. The van der Waals surface area contributed by atoms with Crippen LogP contribution >= 0.6 is 0 Å². The number of fused-ring (bicyclic) bond motifs is 2. The molecule has 8 heteroatoms. The topological polar surface area (TPSA) is 81.2 Å². The van der Waals surface area contributed by atoms with Gasteiger partial charge in [0.2, 0.25) is 0 Å². The summed E-state index contributed by atoms with van der Waals surface area (Å²) in [7, 11) is 0. The van der Waals surface area contributed by atoms with E-state index in [1.807, 2.05) is 63.5 Å². The summed E-state index contributed by atoms with van der Waals surface area (Å²) >= 11 is 0. The van der Waals surface area contributed by atoms with Crippen molar-refractivity contribution in [3.05, 3.63) is 54.0 Å². The number of amides is 1. The van der Waals surface area contributed by atoms with Gasteiger partial charge in [-0.1, -0.05) is 11.3 Å². The van der Waals surface area contributed by atoms with Crippen LogP contribution in [0.15, 0.2) is 42.6 Å². The molecule has 1 fully saturated rings. The van der Waals surface area contributed by atoms with E-state index < -0.39 is 0 Å². The molecule has 0 bridgehead atoms. The van der Waals surface area contributed by atoms with E-state index in [-0.39, 0.29) is 11.9 Å². The first-order valence-electron chi connectivity index (χ1n) is 9.20. The Balaban J connectivity index is 1.50. The first-order valence-corrected chi connectivity index (χ1v) is 9.20. The number of benzene rings is 1. The summed E-state index contributed by atoms with van der Waals surface area (Å²) in [5.74, 6) is 0.813. The lowest BCUT2D eigenvalue weighted by Gasteiger charge is -2.23. The number of carbonyl (C=O) groups is 1. The average Bonchev–Trinajstić information content (AvgIpc) is 3.43. The highest BCUT2D eigenvalue weighted by Gasteiger charge is 2.33. The van der Waals surface area contributed by atoms with E-state index in [1.54, 1.807) is 0 Å². The summed E-state index contributed by atoms with van der Waals surface area (Å²) in [6.07, 6.45) is 3.78. The van der Waals surface area contributed by atoms with Gasteiger partial charge in [0, 0.05) is 24.8 Å². The first-order chi connectivity index (χ1) is 13.3. The molecular formula is C19H19N7O. The van der Waals surface area contributed by atoms with Crippen molar-refractivity contribution in [1.29, 1.82) is 0 Å². The highest BCUT2D eigenvalue weighted by Crippen LogP contribution is 2.32. The van der Waals surface area contributed by atoms with E-state index in [2.05, 4.69) is 20.5 Å². The Morgan fingerprint density at radius 2 is 2.11 bits per heavy atom. The molecule has 0 N–H and O–H groups in total. The summed E-state index contributed by atoms with van der Waals surface area (Å²) in [4.78, 5) is 15.1. The predicted molar refractivity (Wildman–Crippen MR) is 99.2 cm³/mol. The number of pyridine rings is 1. The maximum absolute atomic E-state index is 13.2. The fourth-order valence-electron chi connectivity index (χ4n) is 3.87. The van der Waals surface area contributed by atoms with Crippen LogP contribution in [0.4, 0.5) is 0 Å². The summed E-state index contributed by atoms with van der Waals surface area (Å²) in [6, 6.07) is 11.3. The van der Waals surface area contributed by atoms with Crippen LogP contribution in [0, 0.1) is 0 Å². The Morgan fingerprint density at radius 1 is 1.19 bits per heavy atom. The van der Waals surface area contributed by atoms with Gasteiger partial charge in [-0.3, -0.25) is 9.20 Å². The molecular weight excluding hydrogens is 342 g/mol. The molecule has 0 unspecified atom stereocenters. The van der Waals surface area contributed by atoms with Gasteiger partial charge < -0.3 is 4.90 Å². The molecule has 1 saturated heterocycles. The van der Waals surface area contributed by atoms with Crippen LogP contribution in [0.5, 0.6) is 0 Å². The Kier molecular flexibility index (Phi) is 3.63. The summed E-state index contributed by atoms with van der Waals surface area (Å²) in [5, 5.41) is 16.9. The molecule has 4 heterocycles. The number of carbonyl (C=O) groups excluding carboxylic acids is 1. The molecule has 1 amide bonds. The van der Waals surface area contributed by atoms with E-state index >= 15 is 0 Å². The van der Waals surface area contributed by atoms with Crippen LogP contribution in [0.3, 0.4) is 0 Å². The number of rotatable bonds is 3. The molecule has 0 saturated carbocycles. The quantitative estimate of drug-likeness (QED) is 0.560. The number of likely N-dealkylation sites (tertiary alicyclic amines) is 1. The van der Waals surface area contributed by atoms with E-state index in [0.717, 1.165) is 41.9 Å². The van der Waals surface area contributed by atoms with Gasteiger partial charge >= 0.3 is 0 Å². The fourth-order valence-corrected chi connectivity index (χ4v) is 3.87. The molecule has 136 valence electrons. The zero-order valence-corrected chi connectivity index (χ0v) is 15.0. The van der Waals surface area contributed by atoms with Gasteiger partial charge in [-0.25, -0.2) is 4.68 Å². The van der Waals surface area contributed by atoms with Gasteiger partial charge in [-0.2, -0.15) is 0 Å². The van der Waals surface area contributed by atoms with Crippen LogP contribution in [0.25, 0.3) is 16.7 Å². The maximum Gasteiger partial charge on any atom is 0.254 e. The second kappa shape index (κ2) is 6.15. The Bertz CT molecular complexity index is 1150. The van der Waals surface area contributed by atoms with Crippen molar-refractivity contribution in [2.24, 2.45) is 0 Å². The Labute approximate surface area is 155 Å². The van der Waals surface area contributed by atoms with E-state index in [1.165, 1.54) is 0 Å². The van der Waals surface area contributed by atoms with E-state index in [0.29, 0.717) is 12.1 Å². The van der Waals surface area contributed by atoms with Crippen LogP contribution in [0.1, 0.15) is 42.0 Å². The molecule has 0 spiro atoms. The first kappa shape index (κ1) is 15.9. The standard InChI is InChI=1S/C19H19N7O/c1-2-26-15-9-8-13(12-14(15)20-23-26)19(27)24-11-5-6-16(24)18-22-21-17-7-3-4-10-25(17)18/h3-4,7-10,12,16H,2,5-6,11H2,1H3/t16-/m0/s1. The van der Waals surface area contributed by atoms with Crippen molar-refractivity contribution in [3.8, 4) is 0 Å². The molecule has 27 heavy (non-hydrogen) atoms. The van der Waals surface area contributed by atoms with Crippen molar-refractivity contribution in [2.45, 2.75) is 32.4 Å². The largest absolute Gasteiger partial charge is 0.328 e. The SMILES string of the molecule is CCn1nnc2cc(C(=O)N3CCC[C@H]3c3nnc4ccccn34)ccc21. The van der Waals surface area contributed by atoms with Crippen molar-refractivity contribution >= 4 is 22.6 Å². The van der Waals surface area contributed by atoms with E-state index in [9.17, 15) is 4.79 Å². The lowest BCUT2D eigenvalue weighted by Crippen LogP contribution is -2.31. The van der Waals surface area contributed by atoms with Crippen molar-refractivity contribution in [1.82, 2.24) is 34.5 Å². The van der Waals surface area contributed by atoms with Crippen LogP contribution in [-0.2, 0) is 6.54 Å². The zero-order valence-electron chi connectivity index (χ0n) is 15.0. The fraction of sp³-hybridized carbons (Fsp3) is 0.316. The molecule has 8 nitrogen and oxygen atoms in total. The van der Waals surface area contributed by atoms with Gasteiger partial charge in [0.1, 0.15) is 5.52 Å². The molecule has 1 aliphatic rings. The molecule has 0 aliphatic carbocycles. The minimum atomic E-state index is -0.0723. The van der Waals surface area contributed by atoms with Crippen molar-refractivity contribution in [3.63, 3.8) is 0 Å². The van der Waals surface area contributed by atoms with Crippen LogP contribution in [-0.4, -0.2) is 46.9 Å². The van der Waals surface area contributed by atoms with Gasteiger partial charge in [0.25, 0.3) is 5.91 Å². The smallest absolute Gasteiger partial charge is 0.254 e. The van der Waals surface area contributed by atoms with Gasteiger partial charge in [0.15, 0.2) is 11.5 Å². The molecule has 3 aromatic heterocycles. The van der Waals surface area contributed by atoms with Gasteiger partial charge in [-0.15, -0.1) is 15.3 Å². The second-order valence-electron chi connectivity index (χ2n) is 6.75. The molecule has 0 radical (unpaired) electrons. The number of hydrogen-bond donors (Lipinski definition) is 0. The highest BCUT2D eigenvalue weighted by molar-refractivity contribution is 5.97. The van der Waals surface area contributed by atoms with Crippen molar-refractivity contribution < 1.29 is 4.79 Å². The van der Waals surface area contributed by atoms with Crippen LogP contribution in [0.2, 0.25) is 0 Å². The molecule has 4 aromatic rings. The minimum absolute atomic E-state index is 0.00173. The predicted octanol–water partition coefficient (Wildman–Crippen LogP) is 2.47. The number of hydrogen-bond acceptors (Lipinski definition) is 5. The molecule has 1 aliphatic heterocycles. The van der Waals surface area contributed by atoms with Crippen LogP contribution < -0.4 is 0 Å². The monoisotopic (exact) mass is 361 g/mol. The number of nitrogens with zero attached hydrogens (tertiary/aromatic N) is 7. The lowest BCUT2D eigenvalue weighted by molar-refractivity contribution is 0.0729. The van der Waals surface area contributed by atoms with Gasteiger partial charge in [0.05, 0.1) is 11.6 Å². The highest BCUT2D eigenvalue weighted by atomic mass is 16.2. The number of aryl methyl sites for hydroxylation is 1. The molecule has 1 aromatic carbocycles. The summed E-state index contributed by atoms with van der Waals surface area (Å²) < 4.78 is 3.79. The normalized spacial score (nSPS) is 17.2. The molecule has 5 rings (SSSR count). The average molecular weight is 361 g/mol. The minimum Gasteiger partial charge on any atom is -0.328 e. The second-order valence-corrected chi connectivity index (χ2v) is 6.75.